The van der Waals surface area contributed by atoms with Crippen molar-refractivity contribution < 1.29 is 9.66 Å². The normalized spacial score (nSPS) is 12.3. The maximum absolute atomic E-state index is 10.8. The maximum Gasteiger partial charge on any atom is 0.275 e. The topological polar surface area (TPSA) is 67.6 Å². The number of nitro benzene ring substituents is 1. The van der Waals surface area contributed by atoms with Crippen LogP contribution in [0.4, 0.5) is 11.4 Å². The van der Waals surface area contributed by atoms with E-state index in [4.69, 9.17) is 4.74 Å². The van der Waals surface area contributed by atoms with Crippen LogP contribution in [0.1, 0.15) is 6.92 Å². The van der Waals surface area contributed by atoms with Crippen LogP contribution in [0.15, 0.2) is 18.2 Å². The van der Waals surface area contributed by atoms with Crippen molar-refractivity contribution >= 4 is 11.4 Å². The third kappa shape index (κ3) is 4.21. The van der Waals surface area contributed by atoms with Crippen molar-refractivity contribution in [2.45, 2.75) is 13.0 Å². The number of non-ortho nitro benzene ring substituents is 1. The molecule has 0 aliphatic heterocycles. The molecule has 100 valence electrons. The molecular formula is C12H19N3O3. The summed E-state index contributed by atoms with van der Waals surface area (Å²) in [6.07, 6.45) is 0. The number of likely N-dealkylation sites (N-methyl/N-ethyl adjacent to an activating group) is 1. The first-order valence-electron chi connectivity index (χ1n) is 5.67. The molecule has 0 spiro atoms. The number of rotatable bonds is 6. The van der Waals surface area contributed by atoms with E-state index >= 15 is 0 Å². The summed E-state index contributed by atoms with van der Waals surface area (Å²) in [6, 6.07) is 4.85. The highest BCUT2D eigenvalue weighted by Gasteiger charge is 2.12. The van der Waals surface area contributed by atoms with Crippen molar-refractivity contribution in [1.29, 1.82) is 0 Å². The van der Waals surface area contributed by atoms with Gasteiger partial charge in [0.25, 0.3) is 5.69 Å². The number of methoxy groups -OCH3 is 1. The quantitative estimate of drug-likeness (QED) is 0.620. The van der Waals surface area contributed by atoms with Gasteiger partial charge in [0, 0.05) is 30.4 Å². The van der Waals surface area contributed by atoms with Crippen molar-refractivity contribution in [3.63, 3.8) is 0 Å². The van der Waals surface area contributed by atoms with Crippen molar-refractivity contribution in [3.05, 3.63) is 28.3 Å². The first-order valence-corrected chi connectivity index (χ1v) is 5.67. The SMILES string of the molecule is COc1cc(NC(C)CN(C)C)cc([N+](=O)[O-])c1. The van der Waals surface area contributed by atoms with Crippen molar-refractivity contribution in [3.8, 4) is 5.75 Å². The lowest BCUT2D eigenvalue weighted by molar-refractivity contribution is -0.384. The van der Waals surface area contributed by atoms with Crippen molar-refractivity contribution in [2.24, 2.45) is 0 Å². The standard InChI is InChI=1S/C12H19N3O3/c1-9(8-14(2)3)13-10-5-11(15(16)17)7-12(6-10)18-4/h5-7,9,13H,8H2,1-4H3. The van der Waals surface area contributed by atoms with Gasteiger partial charge in [-0.3, -0.25) is 10.1 Å². The molecule has 1 atom stereocenters. The molecule has 1 aromatic carbocycles. The Bertz CT molecular complexity index is 421. The number of ether oxygens (including phenoxy) is 1. The average Bonchev–Trinajstić information content (AvgIpc) is 2.27. The minimum atomic E-state index is -0.426. The zero-order valence-corrected chi connectivity index (χ0v) is 11.1. The van der Waals surface area contributed by atoms with Gasteiger partial charge in [0.05, 0.1) is 18.1 Å². The number of nitro groups is 1. The maximum atomic E-state index is 10.8. The van der Waals surface area contributed by atoms with Gasteiger partial charge in [-0.05, 0) is 21.0 Å². The van der Waals surface area contributed by atoms with Gasteiger partial charge < -0.3 is 15.0 Å². The molecule has 0 aliphatic rings. The second kappa shape index (κ2) is 6.20. The zero-order valence-electron chi connectivity index (χ0n) is 11.1. The first-order chi connectivity index (χ1) is 8.42. The number of hydrogen-bond acceptors (Lipinski definition) is 5. The molecule has 6 heteroatoms. The van der Waals surface area contributed by atoms with Gasteiger partial charge in [-0.25, -0.2) is 0 Å². The highest BCUT2D eigenvalue weighted by Crippen LogP contribution is 2.26. The molecule has 0 aromatic heterocycles. The predicted octanol–water partition coefficient (Wildman–Crippen LogP) is 1.97. The lowest BCUT2D eigenvalue weighted by Gasteiger charge is -2.19. The van der Waals surface area contributed by atoms with Crippen molar-refractivity contribution in [2.75, 3.05) is 33.1 Å². The van der Waals surface area contributed by atoms with Crippen LogP contribution >= 0.6 is 0 Å². The average molecular weight is 253 g/mol. The lowest BCUT2D eigenvalue weighted by Crippen LogP contribution is -2.29. The van der Waals surface area contributed by atoms with E-state index in [0.717, 1.165) is 6.54 Å². The van der Waals surface area contributed by atoms with Crippen LogP contribution in [0, 0.1) is 10.1 Å². The minimum absolute atomic E-state index is 0.0221. The Morgan fingerprint density at radius 1 is 1.44 bits per heavy atom. The number of nitrogens with one attached hydrogen (secondary N) is 1. The summed E-state index contributed by atoms with van der Waals surface area (Å²) in [5.74, 6) is 0.476. The van der Waals surface area contributed by atoms with Gasteiger partial charge in [0.2, 0.25) is 0 Å². The van der Waals surface area contributed by atoms with E-state index in [2.05, 4.69) is 5.32 Å². The molecule has 6 nitrogen and oxygen atoms in total. The van der Waals surface area contributed by atoms with E-state index in [9.17, 15) is 10.1 Å². The third-order valence-electron chi connectivity index (χ3n) is 2.39. The molecule has 0 saturated heterocycles. The van der Waals surface area contributed by atoms with E-state index in [1.165, 1.54) is 19.2 Å². The van der Waals surface area contributed by atoms with Crippen LogP contribution < -0.4 is 10.1 Å². The first kappa shape index (κ1) is 14.2. The molecule has 1 N–H and O–H groups in total. The number of nitrogens with zero attached hydrogens (tertiary/aromatic N) is 2. The molecule has 0 heterocycles. The lowest BCUT2D eigenvalue weighted by atomic mass is 10.2. The van der Waals surface area contributed by atoms with Crippen LogP contribution in [0.25, 0.3) is 0 Å². The smallest absolute Gasteiger partial charge is 0.275 e. The number of benzene rings is 1. The molecule has 1 aromatic rings. The van der Waals surface area contributed by atoms with Crippen LogP contribution in [-0.4, -0.2) is 43.6 Å². The summed E-state index contributed by atoms with van der Waals surface area (Å²) in [4.78, 5) is 12.4. The molecule has 0 bridgehead atoms. The summed E-state index contributed by atoms with van der Waals surface area (Å²) in [5, 5.41) is 14.0. The zero-order chi connectivity index (χ0) is 13.7. The Hall–Kier alpha value is -1.82. The molecular weight excluding hydrogens is 234 g/mol. The Morgan fingerprint density at radius 2 is 2.11 bits per heavy atom. The van der Waals surface area contributed by atoms with E-state index in [1.807, 2.05) is 25.9 Å². The predicted molar refractivity (Wildman–Crippen MR) is 71.3 cm³/mol. The fourth-order valence-corrected chi connectivity index (χ4v) is 1.77. The Balaban J connectivity index is 2.87. The largest absolute Gasteiger partial charge is 0.496 e. The van der Waals surface area contributed by atoms with Crippen LogP contribution in [0.2, 0.25) is 0 Å². The summed E-state index contributed by atoms with van der Waals surface area (Å²) < 4.78 is 5.05. The molecule has 0 amide bonds. The van der Waals surface area contributed by atoms with Crippen LogP contribution in [0.3, 0.4) is 0 Å². The second-order valence-electron chi connectivity index (χ2n) is 4.48. The van der Waals surface area contributed by atoms with E-state index < -0.39 is 4.92 Å². The van der Waals surface area contributed by atoms with E-state index in [-0.39, 0.29) is 11.7 Å². The molecule has 0 saturated carbocycles. The monoisotopic (exact) mass is 253 g/mol. The van der Waals surface area contributed by atoms with Gasteiger partial charge in [0.15, 0.2) is 0 Å². The van der Waals surface area contributed by atoms with Gasteiger partial charge >= 0.3 is 0 Å². The molecule has 0 aliphatic carbocycles. The summed E-state index contributed by atoms with van der Waals surface area (Å²) in [5.41, 5.74) is 0.712. The fraction of sp³-hybridized carbons (Fsp3) is 0.500. The Labute approximate surface area is 107 Å². The fourth-order valence-electron chi connectivity index (χ4n) is 1.77. The van der Waals surface area contributed by atoms with E-state index in [0.29, 0.717) is 11.4 Å². The second-order valence-corrected chi connectivity index (χ2v) is 4.48. The van der Waals surface area contributed by atoms with Gasteiger partial charge in [-0.2, -0.15) is 0 Å². The number of hydrogen-bond donors (Lipinski definition) is 1. The van der Waals surface area contributed by atoms with Crippen molar-refractivity contribution in [1.82, 2.24) is 4.90 Å². The summed E-state index contributed by atoms with van der Waals surface area (Å²) >= 11 is 0. The molecule has 0 fully saturated rings. The Morgan fingerprint density at radius 3 is 2.61 bits per heavy atom. The highest BCUT2D eigenvalue weighted by molar-refractivity contribution is 5.56. The summed E-state index contributed by atoms with van der Waals surface area (Å²) in [6.45, 7) is 2.86. The third-order valence-corrected chi connectivity index (χ3v) is 2.39. The van der Waals surface area contributed by atoms with E-state index in [1.54, 1.807) is 6.07 Å². The van der Waals surface area contributed by atoms with Crippen LogP contribution in [0.5, 0.6) is 5.75 Å². The molecule has 0 radical (unpaired) electrons. The molecule has 1 rings (SSSR count). The van der Waals surface area contributed by atoms with Crippen LogP contribution in [-0.2, 0) is 0 Å². The highest BCUT2D eigenvalue weighted by atomic mass is 16.6. The molecule has 18 heavy (non-hydrogen) atoms. The molecule has 1 unspecified atom stereocenters. The van der Waals surface area contributed by atoms with Gasteiger partial charge in [-0.15, -0.1) is 0 Å². The van der Waals surface area contributed by atoms with Gasteiger partial charge in [-0.1, -0.05) is 0 Å². The Kier molecular flexibility index (Phi) is 4.91. The number of anilines is 1. The van der Waals surface area contributed by atoms with Gasteiger partial charge in [0.1, 0.15) is 5.75 Å². The summed E-state index contributed by atoms with van der Waals surface area (Å²) in [7, 11) is 5.45. The minimum Gasteiger partial charge on any atom is -0.496 e.